The van der Waals surface area contributed by atoms with Gasteiger partial charge in [0.1, 0.15) is 0 Å². The number of ether oxygens (including phenoxy) is 1. The Morgan fingerprint density at radius 2 is 2.05 bits per heavy atom. The number of anilines is 1. The van der Waals surface area contributed by atoms with Crippen LogP contribution in [0, 0.1) is 0 Å². The molecule has 114 valence electrons. The van der Waals surface area contributed by atoms with Crippen molar-refractivity contribution in [3.05, 3.63) is 29.3 Å². The summed E-state index contributed by atoms with van der Waals surface area (Å²) in [5.74, 6) is -0.251. The van der Waals surface area contributed by atoms with E-state index in [2.05, 4.69) is 16.3 Å². The summed E-state index contributed by atoms with van der Waals surface area (Å²) in [5, 5.41) is 3.62. The molecule has 2 fully saturated rings. The number of esters is 1. The minimum Gasteiger partial charge on any atom is -0.465 e. The highest BCUT2D eigenvalue weighted by molar-refractivity contribution is 5.91. The Labute approximate surface area is 126 Å². The molecule has 0 aliphatic carbocycles. The first kappa shape index (κ1) is 14.4. The molecule has 1 aromatic carbocycles. The van der Waals surface area contributed by atoms with E-state index >= 15 is 0 Å². The van der Waals surface area contributed by atoms with E-state index in [-0.39, 0.29) is 5.97 Å². The topological polar surface area (TPSA) is 41.6 Å². The summed E-state index contributed by atoms with van der Waals surface area (Å²) >= 11 is 0. The molecule has 3 rings (SSSR count). The number of piperidine rings is 1. The van der Waals surface area contributed by atoms with Crippen molar-refractivity contribution in [1.29, 1.82) is 0 Å². The number of methoxy groups -OCH3 is 1. The van der Waals surface area contributed by atoms with Gasteiger partial charge in [0.2, 0.25) is 0 Å². The fourth-order valence-electron chi connectivity index (χ4n) is 3.43. The largest absolute Gasteiger partial charge is 0.465 e. The monoisotopic (exact) mass is 288 g/mol. The van der Waals surface area contributed by atoms with E-state index in [4.69, 9.17) is 4.74 Å². The Morgan fingerprint density at radius 3 is 2.71 bits per heavy atom. The van der Waals surface area contributed by atoms with Gasteiger partial charge in [-0.05, 0) is 49.9 Å². The molecule has 1 unspecified atom stereocenters. The van der Waals surface area contributed by atoms with Crippen LogP contribution in [0.15, 0.2) is 18.2 Å². The lowest BCUT2D eigenvalue weighted by Gasteiger charge is -2.29. The van der Waals surface area contributed by atoms with Gasteiger partial charge in [-0.3, -0.25) is 0 Å². The van der Waals surface area contributed by atoms with Gasteiger partial charge in [-0.25, -0.2) is 4.79 Å². The number of nitrogens with one attached hydrogen (secondary N) is 1. The summed E-state index contributed by atoms with van der Waals surface area (Å²) in [7, 11) is 1.44. The lowest BCUT2D eigenvalue weighted by atomic mass is 9.94. The van der Waals surface area contributed by atoms with Crippen LogP contribution >= 0.6 is 0 Å². The number of nitrogens with zero attached hydrogens (tertiary/aromatic N) is 1. The van der Waals surface area contributed by atoms with Gasteiger partial charge >= 0.3 is 5.97 Å². The maximum atomic E-state index is 11.8. The number of carbonyl (C=O) groups excluding carboxylic acids is 1. The van der Waals surface area contributed by atoms with Gasteiger partial charge in [0.15, 0.2) is 0 Å². The zero-order valence-corrected chi connectivity index (χ0v) is 12.7. The minimum atomic E-state index is -0.251. The van der Waals surface area contributed by atoms with E-state index in [1.54, 1.807) is 0 Å². The molecule has 0 spiro atoms. The number of hydrogen-bond acceptors (Lipinski definition) is 4. The predicted molar refractivity (Wildman–Crippen MR) is 83.8 cm³/mol. The van der Waals surface area contributed by atoms with Crippen molar-refractivity contribution in [3.8, 4) is 0 Å². The zero-order chi connectivity index (χ0) is 14.7. The molecule has 4 nitrogen and oxygen atoms in total. The van der Waals surface area contributed by atoms with Gasteiger partial charge in [-0.15, -0.1) is 0 Å². The smallest absolute Gasteiger partial charge is 0.337 e. The molecule has 1 atom stereocenters. The van der Waals surface area contributed by atoms with Crippen molar-refractivity contribution in [2.45, 2.75) is 38.1 Å². The van der Waals surface area contributed by atoms with Gasteiger partial charge in [-0.1, -0.05) is 12.5 Å². The number of carbonyl (C=O) groups is 1. The third-order valence-corrected chi connectivity index (χ3v) is 4.58. The highest BCUT2D eigenvalue weighted by atomic mass is 16.5. The third kappa shape index (κ3) is 3.05. The quantitative estimate of drug-likeness (QED) is 0.868. The van der Waals surface area contributed by atoms with E-state index in [1.165, 1.54) is 50.5 Å². The summed E-state index contributed by atoms with van der Waals surface area (Å²) in [4.78, 5) is 14.2. The van der Waals surface area contributed by atoms with Gasteiger partial charge in [0.25, 0.3) is 0 Å². The zero-order valence-electron chi connectivity index (χ0n) is 12.7. The van der Waals surface area contributed by atoms with Crippen molar-refractivity contribution in [2.75, 3.05) is 31.6 Å². The molecule has 1 aromatic rings. The van der Waals surface area contributed by atoms with Crippen LogP contribution in [0.4, 0.5) is 5.69 Å². The number of benzene rings is 1. The Bertz CT molecular complexity index is 504. The second kappa shape index (κ2) is 6.48. The average molecular weight is 288 g/mol. The molecule has 0 saturated carbocycles. The summed E-state index contributed by atoms with van der Waals surface area (Å²) in [6.45, 7) is 3.26. The van der Waals surface area contributed by atoms with Crippen LogP contribution < -0.4 is 10.2 Å². The van der Waals surface area contributed by atoms with Crippen molar-refractivity contribution >= 4 is 11.7 Å². The molecule has 0 aromatic heterocycles. The Balaban J connectivity index is 1.95. The van der Waals surface area contributed by atoms with Gasteiger partial charge in [0, 0.05) is 24.8 Å². The van der Waals surface area contributed by atoms with Crippen molar-refractivity contribution < 1.29 is 9.53 Å². The van der Waals surface area contributed by atoms with Gasteiger partial charge in [0.05, 0.1) is 12.7 Å². The maximum Gasteiger partial charge on any atom is 0.337 e. The fourth-order valence-corrected chi connectivity index (χ4v) is 3.43. The Morgan fingerprint density at radius 1 is 1.24 bits per heavy atom. The maximum absolute atomic E-state index is 11.8. The normalized spacial score (nSPS) is 22.3. The van der Waals surface area contributed by atoms with Crippen LogP contribution in [-0.4, -0.2) is 32.7 Å². The van der Waals surface area contributed by atoms with Crippen LogP contribution in [0.3, 0.4) is 0 Å². The third-order valence-electron chi connectivity index (χ3n) is 4.58. The fraction of sp³-hybridized carbons (Fsp3) is 0.588. The molecular weight excluding hydrogens is 264 g/mol. The number of hydrogen-bond donors (Lipinski definition) is 1. The molecule has 21 heavy (non-hydrogen) atoms. The van der Waals surface area contributed by atoms with E-state index in [0.29, 0.717) is 11.6 Å². The van der Waals surface area contributed by atoms with Crippen molar-refractivity contribution in [2.24, 2.45) is 0 Å². The summed E-state index contributed by atoms with van der Waals surface area (Å²) in [5.41, 5.74) is 3.21. The molecular formula is C17H24N2O2. The highest BCUT2D eigenvalue weighted by Crippen LogP contribution is 2.34. The van der Waals surface area contributed by atoms with Gasteiger partial charge in [-0.2, -0.15) is 0 Å². The highest BCUT2D eigenvalue weighted by Gasteiger charge is 2.23. The van der Waals surface area contributed by atoms with Crippen LogP contribution in [0.25, 0.3) is 0 Å². The van der Waals surface area contributed by atoms with Crippen molar-refractivity contribution in [1.82, 2.24) is 5.32 Å². The SMILES string of the molecule is COC(=O)c1ccc(C2CCCCN2)c(N2CCCC2)c1. The van der Waals surface area contributed by atoms with Crippen LogP contribution in [0.5, 0.6) is 0 Å². The molecule has 2 aliphatic heterocycles. The Kier molecular flexibility index (Phi) is 4.44. The molecule has 0 amide bonds. The lowest BCUT2D eigenvalue weighted by molar-refractivity contribution is 0.0600. The summed E-state index contributed by atoms with van der Waals surface area (Å²) in [6.07, 6.45) is 6.18. The molecule has 1 N–H and O–H groups in total. The average Bonchev–Trinajstić information content (AvgIpc) is 3.09. The minimum absolute atomic E-state index is 0.251. The first-order valence-corrected chi connectivity index (χ1v) is 8.00. The first-order chi connectivity index (χ1) is 10.3. The van der Waals surface area contributed by atoms with Crippen LogP contribution in [-0.2, 0) is 4.74 Å². The first-order valence-electron chi connectivity index (χ1n) is 8.00. The standard InChI is InChI=1S/C17H24N2O2/c1-21-17(20)13-7-8-14(15-6-2-3-9-18-15)16(12-13)19-10-4-5-11-19/h7-8,12,15,18H,2-6,9-11H2,1H3. The second-order valence-electron chi connectivity index (χ2n) is 5.96. The van der Waals surface area contributed by atoms with Gasteiger partial charge < -0.3 is 15.0 Å². The summed E-state index contributed by atoms with van der Waals surface area (Å²) < 4.78 is 4.87. The van der Waals surface area contributed by atoms with E-state index < -0.39 is 0 Å². The molecule has 0 bridgehead atoms. The summed E-state index contributed by atoms with van der Waals surface area (Å²) in [6, 6.07) is 6.45. The molecule has 4 heteroatoms. The van der Waals surface area contributed by atoms with E-state index in [9.17, 15) is 4.79 Å². The number of rotatable bonds is 3. The van der Waals surface area contributed by atoms with Crippen molar-refractivity contribution in [3.63, 3.8) is 0 Å². The molecule has 2 saturated heterocycles. The van der Waals surface area contributed by atoms with Crippen LogP contribution in [0.1, 0.15) is 54.1 Å². The van der Waals surface area contributed by atoms with Crippen LogP contribution in [0.2, 0.25) is 0 Å². The molecule has 0 radical (unpaired) electrons. The molecule has 2 aliphatic rings. The predicted octanol–water partition coefficient (Wildman–Crippen LogP) is 2.89. The second-order valence-corrected chi connectivity index (χ2v) is 5.96. The van der Waals surface area contributed by atoms with E-state index in [0.717, 1.165) is 19.6 Å². The Hall–Kier alpha value is -1.55. The lowest BCUT2D eigenvalue weighted by Crippen LogP contribution is -2.29. The van der Waals surface area contributed by atoms with E-state index in [1.807, 2.05) is 12.1 Å². The molecule has 2 heterocycles.